The molecule has 2 aromatic carbocycles. The van der Waals surface area contributed by atoms with Crippen LogP contribution in [0.5, 0.6) is 17.2 Å². The first-order valence-corrected chi connectivity index (χ1v) is 14.3. The summed E-state index contributed by atoms with van der Waals surface area (Å²) in [5, 5.41) is 3.33. The molecule has 1 heterocycles. The van der Waals surface area contributed by atoms with Crippen LogP contribution in [0.15, 0.2) is 30.3 Å². The van der Waals surface area contributed by atoms with Gasteiger partial charge in [0.15, 0.2) is 5.75 Å². The maximum Gasteiger partial charge on any atom is 0.238 e. The number of hydrogen-bond donors (Lipinski definition) is 2. The Kier molecular flexibility index (Phi) is 9.88. The van der Waals surface area contributed by atoms with Gasteiger partial charge in [0.1, 0.15) is 11.5 Å². The minimum Gasteiger partial charge on any atom is -0.496 e. The number of ether oxygens (including phenoxy) is 2. The van der Waals surface area contributed by atoms with Gasteiger partial charge in [-0.05, 0) is 62.6 Å². The molecular formula is C25H33Cl2N3O5S. The zero-order valence-corrected chi connectivity index (χ0v) is 23.3. The third-order valence-electron chi connectivity index (χ3n) is 5.92. The summed E-state index contributed by atoms with van der Waals surface area (Å²) in [7, 11) is -1.67. The number of likely N-dealkylation sites (tertiary alicyclic amines) is 1. The van der Waals surface area contributed by atoms with E-state index in [4.69, 9.17) is 32.7 Å². The highest BCUT2D eigenvalue weighted by atomic mass is 35.5. The summed E-state index contributed by atoms with van der Waals surface area (Å²) in [6.45, 7) is 7.04. The van der Waals surface area contributed by atoms with Crippen LogP contribution >= 0.6 is 23.2 Å². The highest BCUT2D eigenvalue weighted by molar-refractivity contribution is 7.89. The monoisotopic (exact) mass is 557 g/mol. The van der Waals surface area contributed by atoms with Gasteiger partial charge in [0.2, 0.25) is 15.9 Å². The molecule has 1 aliphatic rings. The molecule has 1 aliphatic heterocycles. The number of methoxy groups -OCH3 is 1. The van der Waals surface area contributed by atoms with E-state index in [0.29, 0.717) is 30.3 Å². The molecule has 1 saturated heterocycles. The summed E-state index contributed by atoms with van der Waals surface area (Å²) in [6, 6.07) is 8.47. The molecule has 8 nitrogen and oxygen atoms in total. The quantitative estimate of drug-likeness (QED) is 0.413. The third-order valence-corrected chi connectivity index (χ3v) is 7.94. The summed E-state index contributed by atoms with van der Waals surface area (Å²) in [4.78, 5) is 14.6. The van der Waals surface area contributed by atoms with E-state index in [0.717, 1.165) is 24.2 Å². The fourth-order valence-corrected chi connectivity index (χ4v) is 5.54. The average Bonchev–Trinajstić information content (AvgIpc) is 2.81. The Morgan fingerprint density at radius 1 is 1.19 bits per heavy atom. The number of anilines is 1. The first kappa shape index (κ1) is 28.5. The second-order valence-corrected chi connectivity index (χ2v) is 11.9. The van der Waals surface area contributed by atoms with Crippen LogP contribution < -0.4 is 19.5 Å². The van der Waals surface area contributed by atoms with E-state index in [1.54, 1.807) is 32.2 Å². The van der Waals surface area contributed by atoms with Crippen molar-refractivity contribution in [3.63, 3.8) is 0 Å². The van der Waals surface area contributed by atoms with Gasteiger partial charge < -0.3 is 14.8 Å². The summed E-state index contributed by atoms with van der Waals surface area (Å²) < 4.78 is 37.8. The summed E-state index contributed by atoms with van der Waals surface area (Å²) >= 11 is 12.9. The molecule has 3 rings (SSSR count). The largest absolute Gasteiger partial charge is 0.496 e. The van der Waals surface area contributed by atoms with Crippen LogP contribution in [0.25, 0.3) is 0 Å². The number of benzene rings is 2. The van der Waals surface area contributed by atoms with Gasteiger partial charge in [-0.2, -0.15) is 0 Å². The minimum absolute atomic E-state index is 0.0303. The zero-order valence-electron chi connectivity index (χ0n) is 20.9. The Morgan fingerprint density at radius 2 is 1.89 bits per heavy atom. The molecular weight excluding hydrogens is 525 g/mol. The second kappa shape index (κ2) is 12.5. The van der Waals surface area contributed by atoms with Crippen LogP contribution in [0.4, 0.5) is 5.69 Å². The Labute approximate surface area is 223 Å². The lowest BCUT2D eigenvalue weighted by atomic mass is 10.0. The van der Waals surface area contributed by atoms with Crippen LogP contribution in [0.2, 0.25) is 10.0 Å². The van der Waals surface area contributed by atoms with Crippen molar-refractivity contribution in [2.75, 3.05) is 37.8 Å². The van der Waals surface area contributed by atoms with E-state index in [2.05, 4.69) is 23.9 Å². The molecule has 0 aliphatic carbocycles. The SMILES string of the molecule is CCS(=O)(=O)N[C@H]1CCCN(CC(=O)Nc2cc(Cl)c(Oc3ccc(OC)c(C(C)C)c3)c(Cl)c2)C1. The number of hydrogen-bond acceptors (Lipinski definition) is 6. The maximum absolute atomic E-state index is 12.7. The molecule has 0 saturated carbocycles. The van der Waals surface area contributed by atoms with Crippen molar-refractivity contribution >= 4 is 44.8 Å². The Balaban J connectivity index is 1.64. The van der Waals surface area contributed by atoms with E-state index in [-0.39, 0.29) is 40.2 Å². The Morgan fingerprint density at radius 3 is 2.50 bits per heavy atom. The number of sulfonamides is 1. The molecule has 0 aromatic heterocycles. The molecule has 2 N–H and O–H groups in total. The van der Waals surface area contributed by atoms with E-state index in [9.17, 15) is 13.2 Å². The fraction of sp³-hybridized carbons (Fsp3) is 0.480. The summed E-state index contributed by atoms with van der Waals surface area (Å²) in [5.74, 6) is 1.65. The van der Waals surface area contributed by atoms with Crippen molar-refractivity contribution in [3.05, 3.63) is 45.9 Å². The highest BCUT2D eigenvalue weighted by Crippen LogP contribution is 2.40. The lowest BCUT2D eigenvalue weighted by Gasteiger charge is -2.32. The number of carbonyl (C=O) groups is 1. The summed E-state index contributed by atoms with van der Waals surface area (Å²) in [6.07, 6.45) is 1.55. The molecule has 0 unspecified atom stereocenters. The lowest BCUT2D eigenvalue weighted by Crippen LogP contribution is -2.49. The van der Waals surface area contributed by atoms with Crippen molar-refractivity contribution < 1.29 is 22.7 Å². The fourth-order valence-electron chi connectivity index (χ4n) is 4.11. The predicted octanol–water partition coefficient (Wildman–Crippen LogP) is 5.26. The number of amides is 1. The van der Waals surface area contributed by atoms with Crippen molar-refractivity contribution in [3.8, 4) is 17.2 Å². The van der Waals surface area contributed by atoms with E-state index in [1.807, 2.05) is 17.0 Å². The summed E-state index contributed by atoms with van der Waals surface area (Å²) in [5.41, 5.74) is 1.44. The standard InChI is InChI=1S/C25H33Cl2N3O5S/c1-5-36(32,33)29-17-7-6-10-30(14-17)15-24(31)28-18-11-21(26)25(22(27)12-18)35-19-8-9-23(34-4)20(13-19)16(2)3/h8-9,11-13,16-17,29H,5-7,10,14-15H2,1-4H3,(H,28,31)/t17-/m0/s1. The van der Waals surface area contributed by atoms with Crippen LogP contribution in [-0.2, 0) is 14.8 Å². The van der Waals surface area contributed by atoms with Crippen molar-refractivity contribution in [1.82, 2.24) is 9.62 Å². The van der Waals surface area contributed by atoms with Crippen molar-refractivity contribution in [1.29, 1.82) is 0 Å². The van der Waals surface area contributed by atoms with E-state index >= 15 is 0 Å². The van der Waals surface area contributed by atoms with Crippen molar-refractivity contribution in [2.45, 2.75) is 45.6 Å². The van der Waals surface area contributed by atoms with Gasteiger partial charge in [-0.3, -0.25) is 9.69 Å². The molecule has 0 radical (unpaired) electrons. The number of piperidine rings is 1. The van der Waals surface area contributed by atoms with Gasteiger partial charge in [-0.1, -0.05) is 37.0 Å². The third kappa shape index (κ3) is 7.73. The molecule has 2 aromatic rings. The maximum atomic E-state index is 12.7. The number of halogens is 2. The van der Waals surface area contributed by atoms with Crippen molar-refractivity contribution in [2.24, 2.45) is 0 Å². The minimum atomic E-state index is -3.29. The van der Waals surface area contributed by atoms with E-state index < -0.39 is 10.0 Å². The topological polar surface area (TPSA) is 97.0 Å². The number of nitrogens with zero attached hydrogens (tertiary/aromatic N) is 1. The molecule has 1 fully saturated rings. The zero-order chi connectivity index (χ0) is 26.5. The molecule has 1 amide bonds. The average molecular weight is 559 g/mol. The second-order valence-electron chi connectivity index (χ2n) is 9.07. The van der Waals surface area contributed by atoms with Crippen LogP contribution in [0.3, 0.4) is 0 Å². The number of nitrogens with one attached hydrogen (secondary N) is 2. The normalized spacial score (nSPS) is 16.7. The highest BCUT2D eigenvalue weighted by Gasteiger charge is 2.25. The predicted molar refractivity (Wildman–Crippen MR) is 144 cm³/mol. The molecule has 36 heavy (non-hydrogen) atoms. The smallest absolute Gasteiger partial charge is 0.238 e. The molecule has 0 spiro atoms. The first-order valence-electron chi connectivity index (χ1n) is 11.9. The van der Waals surface area contributed by atoms with Gasteiger partial charge in [0.05, 0.1) is 29.5 Å². The van der Waals surface area contributed by atoms with Crippen LogP contribution in [0, 0.1) is 0 Å². The molecule has 198 valence electrons. The number of carbonyl (C=O) groups excluding carboxylic acids is 1. The number of rotatable bonds is 10. The Hall–Kier alpha value is -2.04. The Bertz CT molecular complexity index is 1170. The van der Waals surface area contributed by atoms with E-state index in [1.165, 1.54) is 0 Å². The van der Waals surface area contributed by atoms with Crippen LogP contribution in [-0.4, -0.2) is 57.8 Å². The van der Waals surface area contributed by atoms with Gasteiger partial charge >= 0.3 is 0 Å². The van der Waals surface area contributed by atoms with Gasteiger partial charge in [-0.15, -0.1) is 0 Å². The lowest BCUT2D eigenvalue weighted by molar-refractivity contribution is -0.117. The molecule has 0 bridgehead atoms. The molecule has 1 atom stereocenters. The van der Waals surface area contributed by atoms with Gasteiger partial charge in [-0.25, -0.2) is 13.1 Å². The molecule has 11 heteroatoms. The first-order chi connectivity index (χ1) is 17.0. The van der Waals surface area contributed by atoms with Crippen LogP contribution in [0.1, 0.15) is 45.1 Å². The van der Waals surface area contributed by atoms with Gasteiger partial charge in [0.25, 0.3) is 0 Å². The van der Waals surface area contributed by atoms with Gasteiger partial charge in [0, 0.05) is 23.8 Å².